The highest BCUT2D eigenvalue weighted by Gasteiger charge is 2.13. The predicted octanol–water partition coefficient (Wildman–Crippen LogP) is 0.581. The van der Waals surface area contributed by atoms with Gasteiger partial charge in [-0.05, 0) is 18.2 Å². The fraction of sp³-hybridized carbons (Fsp3) is 0. The van der Waals surface area contributed by atoms with Gasteiger partial charge >= 0.3 is 10.2 Å². The van der Waals surface area contributed by atoms with Gasteiger partial charge < -0.3 is 4.98 Å². The third kappa shape index (κ3) is 1.73. The van der Waals surface area contributed by atoms with Gasteiger partial charge in [0.1, 0.15) is 0 Å². The van der Waals surface area contributed by atoms with Gasteiger partial charge in [0.15, 0.2) is 0 Å². The molecule has 0 atom stereocenters. The van der Waals surface area contributed by atoms with Gasteiger partial charge in [-0.25, -0.2) is 4.98 Å². The van der Waals surface area contributed by atoms with E-state index in [4.69, 9.17) is 0 Å². The summed E-state index contributed by atoms with van der Waals surface area (Å²) in [5, 5.41) is 0.0382. The largest absolute Gasteiger partial charge is 0.332 e. The van der Waals surface area contributed by atoms with E-state index in [1.165, 1.54) is 12.4 Å². The van der Waals surface area contributed by atoms with Crippen molar-refractivity contribution in [1.29, 1.82) is 0 Å². The Morgan fingerprint density at radius 2 is 2.07 bits per heavy atom. The molecule has 0 spiro atoms. The summed E-state index contributed by atoms with van der Waals surface area (Å²) >= 11 is 0. The number of nitrogens with zero attached hydrogens (tertiary/aromatic N) is 1. The van der Waals surface area contributed by atoms with Crippen molar-refractivity contribution in [2.24, 2.45) is 0 Å². The van der Waals surface area contributed by atoms with Gasteiger partial charge in [-0.2, -0.15) is 8.42 Å². The Morgan fingerprint density at radius 1 is 1.33 bits per heavy atom. The van der Waals surface area contributed by atoms with Crippen molar-refractivity contribution in [3.8, 4) is 0 Å². The zero-order chi connectivity index (χ0) is 11.1. The fourth-order valence-electron chi connectivity index (χ4n) is 1.20. The number of hydrogen-bond donors (Lipinski definition) is 1. The van der Waals surface area contributed by atoms with Crippen molar-refractivity contribution in [2.75, 3.05) is 0 Å². The van der Waals surface area contributed by atoms with Crippen molar-refractivity contribution < 1.29 is 12.3 Å². The van der Waals surface area contributed by atoms with Gasteiger partial charge in [0.05, 0.1) is 22.1 Å². The maximum absolute atomic E-state index is 12.6. The SMILES string of the molecule is O=c1[nH]cnc2ccc(S(=O)(=O)F)cc12. The van der Waals surface area contributed by atoms with Crippen molar-refractivity contribution >= 4 is 21.1 Å². The van der Waals surface area contributed by atoms with Crippen LogP contribution >= 0.6 is 0 Å². The maximum atomic E-state index is 12.6. The second-order valence-corrected chi connectivity index (χ2v) is 4.20. The molecule has 0 unspecified atom stereocenters. The molecule has 1 N–H and O–H groups in total. The number of aromatic nitrogens is 2. The summed E-state index contributed by atoms with van der Waals surface area (Å²) in [6.45, 7) is 0. The van der Waals surface area contributed by atoms with Crippen LogP contribution in [0.3, 0.4) is 0 Å². The van der Waals surface area contributed by atoms with Crippen LogP contribution in [0.4, 0.5) is 3.89 Å². The standard InChI is InChI=1S/C8H5FN2O3S/c9-15(13,14)5-1-2-7-6(3-5)8(12)11-4-10-7/h1-4H,(H,10,11,12). The molecule has 7 heteroatoms. The van der Waals surface area contributed by atoms with Crippen molar-refractivity contribution in [3.05, 3.63) is 34.9 Å². The summed E-state index contributed by atoms with van der Waals surface area (Å²) in [5.41, 5.74) is -0.198. The molecule has 2 aromatic rings. The highest BCUT2D eigenvalue weighted by molar-refractivity contribution is 7.86. The molecule has 5 nitrogen and oxygen atoms in total. The minimum Gasteiger partial charge on any atom is -0.313 e. The number of rotatable bonds is 1. The third-order valence-electron chi connectivity index (χ3n) is 1.89. The third-order valence-corrected chi connectivity index (χ3v) is 2.71. The van der Waals surface area contributed by atoms with Crippen LogP contribution in [0.1, 0.15) is 0 Å². The summed E-state index contributed by atoms with van der Waals surface area (Å²) < 4.78 is 33.8. The maximum Gasteiger partial charge on any atom is 0.332 e. The molecule has 1 heterocycles. The van der Waals surface area contributed by atoms with Crippen LogP contribution in [0.5, 0.6) is 0 Å². The lowest BCUT2D eigenvalue weighted by Gasteiger charge is -1.97. The molecule has 0 aliphatic carbocycles. The van der Waals surface area contributed by atoms with E-state index in [1.54, 1.807) is 0 Å². The molecule has 0 fully saturated rings. The molecule has 0 bridgehead atoms. The molecule has 15 heavy (non-hydrogen) atoms. The second-order valence-electron chi connectivity index (χ2n) is 2.85. The summed E-state index contributed by atoms with van der Waals surface area (Å²) in [6.07, 6.45) is 1.19. The van der Waals surface area contributed by atoms with Crippen LogP contribution in [0, 0.1) is 0 Å². The Morgan fingerprint density at radius 3 is 2.73 bits per heavy atom. The monoisotopic (exact) mass is 228 g/mol. The lowest BCUT2D eigenvalue weighted by Crippen LogP contribution is -2.07. The van der Waals surface area contributed by atoms with Gasteiger partial charge in [-0.1, -0.05) is 0 Å². The van der Waals surface area contributed by atoms with Crippen molar-refractivity contribution in [1.82, 2.24) is 9.97 Å². The van der Waals surface area contributed by atoms with Crippen molar-refractivity contribution in [2.45, 2.75) is 4.90 Å². The first-order valence-corrected chi connectivity index (χ1v) is 5.29. The number of nitrogens with one attached hydrogen (secondary N) is 1. The van der Waals surface area contributed by atoms with Gasteiger partial charge in [0, 0.05) is 0 Å². The van der Waals surface area contributed by atoms with Gasteiger partial charge in [-0.3, -0.25) is 4.79 Å². The fourth-order valence-corrected chi connectivity index (χ4v) is 1.69. The molecule has 0 saturated carbocycles. The molecule has 1 aromatic carbocycles. The summed E-state index contributed by atoms with van der Waals surface area (Å²) in [4.78, 5) is 16.8. The lowest BCUT2D eigenvalue weighted by atomic mass is 10.2. The molecule has 0 aliphatic heterocycles. The zero-order valence-electron chi connectivity index (χ0n) is 7.27. The van der Waals surface area contributed by atoms with E-state index >= 15 is 0 Å². The zero-order valence-corrected chi connectivity index (χ0v) is 8.08. The van der Waals surface area contributed by atoms with Crippen LogP contribution in [-0.4, -0.2) is 18.4 Å². The Hall–Kier alpha value is -1.76. The van der Waals surface area contributed by atoms with Crippen molar-refractivity contribution in [3.63, 3.8) is 0 Å². The van der Waals surface area contributed by atoms with E-state index in [1.807, 2.05) is 0 Å². The molecule has 78 valence electrons. The van der Waals surface area contributed by atoms with Crippen LogP contribution in [-0.2, 0) is 10.2 Å². The second kappa shape index (κ2) is 3.13. The van der Waals surface area contributed by atoms with E-state index in [2.05, 4.69) is 9.97 Å². The van der Waals surface area contributed by atoms with E-state index in [0.29, 0.717) is 5.52 Å². The molecule has 0 saturated heterocycles. The number of H-pyrrole nitrogens is 1. The van der Waals surface area contributed by atoms with Crippen LogP contribution < -0.4 is 5.56 Å². The Balaban J connectivity index is 2.88. The predicted molar refractivity (Wildman–Crippen MR) is 50.7 cm³/mol. The van der Waals surface area contributed by atoms with Crippen LogP contribution in [0.2, 0.25) is 0 Å². The first-order valence-electron chi connectivity index (χ1n) is 3.90. The molecular weight excluding hydrogens is 223 g/mol. The van der Waals surface area contributed by atoms with Crippen LogP contribution in [0.15, 0.2) is 34.2 Å². The van der Waals surface area contributed by atoms with E-state index in [-0.39, 0.29) is 5.39 Å². The highest BCUT2D eigenvalue weighted by atomic mass is 32.3. The van der Waals surface area contributed by atoms with Gasteiger partial charge in [-0.15, -0.1) is 3.89 Å². The lowest BCUT2D eigenvalue weighted by molar-refractivity contribution is 0.552. The van der Waals surface area contributed by atoms with E-state index < -0.39 is 20.7 Å². The quantitative estimate of drug-likeness (QED) is 0.724. The Kier molecular flexibility index (Phi) is 2.04. The first kappa shape index (κ1) is 9.78. The molecular formula is C8H5FN2O3S. The normalized spacial score (nSPS) is 11.8. The molecule has 0 aliphatic rings. The smallest absolute Gasteiger partial charge is 0.313 e. The average molecular weight is 228 g/mol. The molecule has 1 aromatic heterocycles. The number of hydrogen-bond acceptors (Lipinski definition) is 4. The Labute approximate surface area is 83.8 Å². The topological polar surface area (TPSA) is 79.9 Å². The summed E-state index contributed by atoms with van der Waals surface area (Å²) in [6, 6.07) is 3.29. The molecule has 0 amide bonds. The van der Waals surface area contributed by atoms with Crippen LogP contribution in [0.25, 0.3) is 10.9 Å². The summed E-state index contributed by atoms with van der Waals surface area (Å²) in [5.74, 6) is 0. The van der Waals surface area contributed by atoms with E-state index in [0.717, 1.165) is 12.1 Å². The molecule has 0 radical (unpaired) electrons. The van der Waals surface area contributed by atoms with Gasteiger partial charge in [0.2, 0.25) is 0 Å². The number of benzene rings is 1. The molecule has 2 rings (SSSR count). The minimum atomic E-state index is -4.79. The average Bonchev–Trinajstić information content (AvgIpc) is 2.16. The Bertz CT molecular complexity index is 678. The van der Waals surface area contributed by atoms with Gasteiger partial charge in [0.25, 0.3) is 5.56 Å². The highest BCUT2D eigenvalue weighted by Crippen LogP contribution is 2.15. The van der Waals surface area contributed by atoms with E-state index in [9.17, 15) is 17.1 Å². The number of fused-ring (bicyclic) bond motifs is 1. The minimum absolute atomic E-state index is 0.0382. The summed E-state index contributed by atoms with van der Waals surface area (Å²) in [7, 11) is -4.79. The first-order chi connectivity index (χ1) is 6.98. The number of halogens is 1. The number of aromatic amines is 1.